The molecule has 0 saturated carbocycles. The zero-order valence-corrected chi connectivity index (χ0v) is 15.1. The molecule has 23 heavy (non-hydrogen) atoms. The molecule has 0 aliphatic rings. The Morgan fingerprint density at radius 1 is 1.35 bits per heavy atom. The number of methoxy groups -OCH3 is 1. The van der Waals surface area contributed by atoms with Gasteiger partial charge in [-0.05, 0) is 36.0 Å². The van der Waals surface area contributed by atoms with Crippen LogP contribution in [0.15, 0.2) is 42.6 Å². The number of thiocarbonyl (C=S) groups is 1. The molecule has 0 unspecified atom stereocenters. The van der Waals surface area contributed by atoms with Gasteiger partial charge in [0.05, 0.1) is 19.0 Å². The van der Waals surface area contributed by atoms with Crippen molar-refractivity contribution in [2.24, 2.45) is 0 Å². The predicted octanol–water partition coefficient (Wildman–Crippen LogP) is 3.96. The Morgan fingerprint density at radius 3 is 2.91 bits per heavy atom. The van der Waals surface area contributed by atoms with Crippen LogP contribution in [0, 0.1) is 0 Å². The number of hydrogen-bond donors (Lipinski definition) is 2. The molecule has 0 amide bonds. The normalized spacial score (nSPS) is 10.2. The lowest BCUT2D eigenvalue weighted by molar-refractivity contribution is 0.398. The number of anilines is 1. The second kappa shape index (κ2) is 9.60. The van der Waals surface area contributed by atoms with Crippen molar-refractivity contribution < 1.29 is 4.74 Å². The van der Waals surface area contributed by atoms with E-state index in [1.54, 1.807) is 19.4 Å². The number of pyridine rings is 1. The molecule has 0 saturated heterocycles. The first kappa shape index (κ1) is 17.8. The molecule has 4 nitrogen and oxygen atoms in total. The minimum atomic E-state index is 0.576. The topological polar surface area (TPSA) is 46.2 Å². The van der Waals surface area contributed by atoms with Gasteiger partial charge in [0.2, 0.25) is 5.88 Å². The number of halogens is 1. The Kier molecular flexibility index (Phi) is 7.45. The van der Waals surface area contributed by atoms with Gasteiger partial charge in [-0.2, -0.15) is 11.8 Å². The maximum atomic E-state index is 5.96. The minimum absolute atomic E-state index is 0.576. The highest BCUT2D eigenvalue weighted by molar-refractivity contribution is 7.98. The van der Waals surface area contributed by atoms with Crippen molar-refractivity contribution in [1.82, 2.24) is 10.3 Å². The van der Waals surface area contributed by atoms with Gasteiger partial charge in [-0.25, -0.2) is 4.98 Å². The highest BCUT2D eigenvalue weighted by Gasteiger charge is 1.99. The Morgan fingerprint density at radius 2 is 2.22 bits per heavy atom. The van der Waals surface area contributed by atoms with Crippen LogP contribution in [-0.2, 0) is 5.75 Å². The fourth-order valence-electron chi connectivity index (χ4n) is 1.80. The van der Waals surface area contributed by atoms with Crippen molar-refractivity contribution in [2.45, 2.75) is 5.75 Å². The van der Waals surface area contributed by atoms with Crippen molar-refractivity contribution >= 4 is 46.4 Å². The summed E-state index contributed by atoms with van der Waals surface area (Å²) in [6.45, 7) is 0.792. The first-order valence-corrected chi connectivity index (χ1v) is 8.98. The van der Waals surface area contributed by atoms with E-state index in [1.165, 1.54) is 5.56 Å². The van der Waals surface area contributed by atoms with Crippen molar-refractivity contribution in [3.05, 3.63) is 53.2 Å². The van der Waals surface area contributed by atoms with E-state index in [0.717, 1.165) is 28.8 Å². The van der Waals surface area contributed by atoms with Crippen molar-refractivity contribution in [3.8, 4) is 5.88 Å². The first-order chi connectivity index (χ1) is 11.2. The van der Waals surface area contributed by atoms with Gasteiger partial charge in [-0.1, -0.05) is 23.7 Å². The molecule has 2 rings (SSSR count). The summed E-state index contributed by atoms with van der Waals surface area (Å²) in [5.41, 5.74) is 2.06. The van der Waals surface area contributed by atoms with Gasteiger partial charge in [0.25, 0.3) is 0 Å². The van der Waals surface area contributed by atoms with E-state index in [0.29, 0.717) is 11.0 Å². The fourth-order valence-corrected chi connectivity index (χ4v) is 3.04. The summed E-state index contributed by atoms with van der Waals surface area (Å²) in [5, 5.41) is 7.62. The molecule has 1 aromatic heterocycles. The fraction of sp³-hybridized carbons (Fsp3) is 0.250. The lowest BCUT2D eigenvalue weighted by Crippen LogP contribution is -2.30. The van der Waals surface area contributed by atoms with E-state index in [9.17, 15) is 0 Å². The molecule has 0 bridgehead atoms. The Bertz CT molecular complexity index is 637. The van der Waals surface area contributed by atoms with Crippen molar-refractivity contribution in [3.63, 3.8) is 0 Å². The number of nitrogens with zero attached hydrogens (tertiary/aromatic N) is 1. The molecule has 7 heteroatoms. The highest BCUT2D eigenvalue weighted by Crippen LogP contribution is 2.16. The first-order valence-electron chi connectivity index (χ1n) is 7.04. The van der Waals surface area contributed by atoms with E-state index in [1.807, 2.05) is 36.0 Å². The zero-order valence-electron chi connectivity index (χ0n) is 12.7. The van der Waals surface area contributed by atoms with Gasteiger partial charge in [0.15, 0.2) is 5.11 Å². The van der Waals surface area contributed by atoms with Crippen molar-refractivity contribution in [2.75, 3.05) is 24.7 Å². The second-order valence-corrected chi connectivity index (χ2v) is 6.60. The van der Waals surface area contributed by atoms with Crippen LogP contribution in [0.3, 0.4) is 0 Å². The maximum Gasteiger partial charge on any atom is 0.213 e. The van der Waals surface area contributed by atoms with Gasteiger partial charge < -0.3 is 15.4 Å². The van der Waals surface area contributed by atoms with Crippen molar-refractivity contribution in [1.29, 1.82) is 0 Å². The lowest BCUT2D eigenvalue weighted by Gasteiger charge is -2.10. The Hall–Kier alpha value is -1.50. The molecule has 122 valence electrons. The van der Waals surface area contributed by atoms with Gasteiger partial charge in [0, 0.05) is 29.1 Å². The van der Waals surface area contributed by atoms with E-state index in [2.05, 4.69) is 21.7 Å². The largest absolute Gasteiger partial charge is 0.481 e. The average molecular weight is 368 g/mol. The molecule has 0 radical (unpaired) electrons. The standard InChI is InChI=1S/C16H18ClN3OS2/c1-21-15-6-5-14(10-19-15)20-16(22)18-7-8-23-11-12-3-2-4-13(17)9-12/h2-6,9-10H,7-8,11H2,1H3,(H2,18,20,22). The number of ether oxygens (including phenoxy) is 1. The maximum absolute atomic E-state index is 5.96. The van der Waals surface area contributed by atoms with E-state index in [-0.39, 0.29) is 0 Å². The molecular weight excluding hydrogens is 350 g/mol. The summed E-state index contributed by atoms with van der Waals surface area (Å²) in [4.78, 5) is 4.11. The summed E-state index contributed by atoms with van der Waals surface area (Å²) in [6.07, 6.45) is 1.68. The van der Waals surface area contributed by atoms with Crippen LogP contribution in [0.25, 0.3) is 0 Å². The summed E-state index contributed by atoms with van der Waals surface area (Å²) in [5.74, 6) is 2.46. The van der Waals surface area contributed by atoms with Gasteiger partial charge in [-0.3, -0.25) is 0 Å². The quantitative estimate of drug-likeness (QED) is 0.570. The minimum Gasteiger partial charge on any atom is -0.481 e. The predicted molar refractivity (Wildman–Crippen MR) is 103 cm³/mol. The SMILES string of the molecule is COc1ccc(NC(=S)NCCSCc2cccc(Cl)c2)cn1. The number of rotatable bonds is 7. The van der Waals surface area contributed by atoms with Crippen LogP contribution in [0.4, 0.5) is 5.69 Å². The van der Waals surface area contributed by atoms with Crippen LogP contribution in [-0.4, -0.2) is 29.5 Å². The van der Waals surface area contributed by atoms with Crippen LogP contribution < -0.4 is 15.4 Å². The molecule has 2 N–H and O–H groups in total. The van der Waals surface area contributed by atoms with Gasteiger partial charge >= 0.3 is 0 Å². The van der Waals surface area contributed by atoms with E-state index < -0.39 is 0 Å². The molecular formula is C16H18ClN3OS2. The Balaban J connectivity index is 1.62. The van der Waals surface area contributed by atoms with Crippen LogP contribution in [0.2, 0.25) is 5.02 Å². The van der Waals surface area contributed by atoms with Crippen LogP contribution in [0.5, 0.6) is 5.88 Å². The van der Waals surface area contributed by atoms with E-state index in [4.69, 9.17) is 28.6 Å². The highest BCUT2D eigenvalue weighted by atomic mass is 35.5. The third-order valence-electron chi connectivity index (χ3n) is 2.89. The third kappa shape index (κ3) is 6.64. The van der Waals surface area contributed by atoms with Gasteiger partial charge in [0.1, 0.15) is 0 Å². The van der Waals surface area contributed by atoms with Gasteiger partial charge in [-0.15, -0.1) is 0 Å². The summed E-state index contributed by atoms with van der Waals surface area (Å²) >= 11 is 13.0. The summed E-state index contributed by atoms with van der Waals surface area (Å²) in [7, 11) is 1.59. The van der Waals surface area contributed by atoms with Crippen LogP contribution in [0.1, 0.15) is 5.56 Å². The summed E-state index contributed by atoms with van der Waals surface area (Å²) < 4.78 is 5.01. The summed E-state index contributed by atoms with van der Waals surface area (Å²) in [6, 6.07) is 11.6. The number of thioether (sulfide) groups is 1. The molecule has 1 heterocycles. The number of nitrogens with one attached hydrogen (secondary N) is 2. The molecule has 0 fully saturated rings. The monoisotopic (exact) mass is 367 g/mol. The molecule has 0 atom stereocenters. The number of benzene rings is 1. The molecule has 0 spiro atoms. The molecule has 0 aliphatic carbocycles. The average Bonchev–Trinajstić information content (AvgIpc) is 2.55. The number of aromatic nitrogens is 1. The number of hydrogen-bond acceptors (Lipinski definition) is 4. The van der Waals surface area contributed by atoms with Crippen LogP contribution >= 0.6 is 35.6 Å². The molecule has 2 aromatic rings. The lowest BCUT2D eigenvalue weighted by atomic mass is 10.2. The van der Waals surface area contributed by atoms with E-state index >= 15 is 0 Å². The molecule has 1 aromatic carbocycles. The smallest absolute Gasteiger partial charge is 0.213 e. The zero-order chi connectivity index (χ0) is 16.5. The second-order valence-electron chi connectivity index (χ2n) is 4.65. The Labute approximate surface area is 151 Å². The third-order valence-corrected chi connectivity index (χ3v) is 4.40. The molecule has 0 aliphatic heterocycles.